The van der Waals surface area contributed by atoms with Crippen LogP contribution in [0.1, 0.15) is 32.1 Å². The number of rotatable bonds is 1. The molecule has 0 radical (unpaired) electrons. The van der Waals surface area contributed by atoms with E-state index < -0.39 is 5.79 Å². The molecule has 0 atom stereocenters. The number of piperidine rings is 1. The lowest BCUT2D eigenvalue weighted by Crippen LogP contribution is -2.49. The lowest BCUT2D eigenvalue weighted by atomic mass is 9.84. The zero-order valence-electron chi connectivity index (χ0n) is 8.28. The second kappa shape index (κ2) is 3.51. The Kier molecular flexibility index (Phi) is 2.49. The molecule has 1 aliphatic carbocycles. The summed E-state index contributed by atoms with van der Waals surface area (Å²) in [6.07, 6.45) is 3.75. The van der Waals surface area contributed by atoms with E-state index in [0.717, 1.165) is 19.3 Å². The Morgan fingerprint density at radius 2 is 1.79 bits per heavy atom. The van der Waals surface area contributed by atoms with Gasteiger partial charge in [0.05, 0.1) is 0 Å². The third-order valence-corrected chi connectivity index (χ3v) is 3.33. The first-order chi connectivity index (χ1) is 6.58. The van der Waals surface area contributed by atoms with Crippen molar-refractivity contribution in [2.45, 2.75) is 37.9 Å². The fraction of sp³-hybridized carbons (Fsp3) is 0.900. The predicted octanol–water partition coefficient (Wildman–Crippen LogP) is 0.0898. The minimum absolute atomic E-state index is 0.215. The van der Waals surface area contributed by atoms with Gasteiger partial charge in [-0.15, -0.1) is 0 Å². The van der Waals surface area contributed by atoms with Crippen molar-refractivity contribution in [1.29, 1.82) is 0 Å². The molecule has 14 heavy (non-hydrogen) atoms. The van der Waals surface area contributed by atoms with Gasteiger partial charge in [0.15, 0.2) is 5.79 Å². The van der Waals surface area contributed by atoms with Crippen LogP contribution in [0, 0.1) is 5.92 Å². The summed E-state index contributed by atoms with van der Waals surface area (Å²) in [6.45, 7) is 0.977. The van der Waals surface area contributed by atoms with Gasteiger partial charge in [-0.05, 0) is 12.8 Å². The molecule has 1 saturated carbocycles. The first-order valence-electron chi connectivity index (χ1n) is 5.32. The van der Waals surface area contributed by atoms with Crippen molar-refractivity contribution in [2.24, 2.45) is 5.92 Å². The van der Waals surface area contributed by atoms with Crippen LogP contribution in [0.4, 0.5) is 0 Å². The maximum absolute atomic E-state index is 11.8. The van der Waals surface area contributed by atoms with Crippen molar-refractivity contribution >= 4 is 5.91 Å². The molecular formula is C10H17NO3. The van der Waals surface area contributed by atoms with E-state index in [-0.39, 0.29) is 24.7 Å². The van der Waals surface area contributed by atoms with Gasteiger partial charge in [0.2, 0.25) is 5.91 Å². The number of hydrogen-bond donors (Lipinski definition) is 2. The van der Waals surface area contributed by atoms with E-state index in [2.05, 4.69) is 0 Å². The standard InChI is InChI=1S/C10H17NO3/c12-9(8-2-1-3-8)11-6-4-10(13,14)5-7-11/h8,13-14H,1-7H2. The highest BCUT2D eigenvalue weighted by atomic mass is 16.5. The Morgan fingerprint density at radius 3 is 2.21 bits per heavy atom. The van der Waals surface area contributed by atoms with Crippen LogP contribution in [0.2, 0.25) is 0 Å². The Bertz CT molecular complexity index is 226. The van der Waals surface area contributed by atoms with E-state index in [9.17, 15) is 15.0 Å². The highest BCUT2D eigenvalue weighted by Crippen LogP contribution is 2.30. The van der Waals surface area contributed by atoms with Gasteiger partial charge < -0.3 is 15.1 Å². The first kappa shape index (κ1) is 9.93. The Balaban J connectivity index is 1.85. The molecule has 0 bridgehead atoms. The second-order valence-electron chi connectivity index (χ2n) is 4.44. The predicted molar refractivity (Wildman–Crippen MR) is 50.3 cm³/mol. The molecule has 80 valence electrons. The fourth-order valence-corrected chi connectivity index (χ4v) is 2.00. The quantitative estimate of drug-likeness (QED) is 0.588. The molecule has 2 aliphatic rings. The third-order valence-electron chi connectivity index (χ3n) is 3.33. The summed E-state index contributed by atoms with van der Waals surface area (Å²) in [4.78, 5) is 13.5. The number of likely N-dealkylation sites (tertiary alicyclic amines) is 1. The van der Waals surface area contributed by atoms with Crippen molar-refractivity contribution in [3.05, 3.63) is 0 Å². The molecular weight excluding hydrogens is 182 g/mol. The van der Waals surface area contributed by atoms with Crippen LogP contribution in [0.25, 0.3) is 0 Å². The number of carbonyl (C=O) groups excluding carboxylic acids is 1. The van der Waals surface area contributed by atoms with Crippen LogP contribution in [0.5, 0.6) is 0 Å². The second-order valence-corrected chi connectivity index (χ2v) is 4.44. The van der Waals surface area contributed by atoms with Crippen molar-refractivity contribution < 1.29 is 15.0 Å². The molecule has 0 aromatic carbocycles. The van der Waals surface area contributed by atoms with Crippen LogP contribution in [0.15, 0.2) is 0 Å². The molecule has 2 fully saturated rings. The number of amides is 1. The number of aliphatic hydroxyl groups is 2. The van der Waals surface area contributed by atoms with Gasteiger partial charge in [-0.3, -0.25) is 4.79 Å². The van der Waals surface area contributed by atoms with Gasteiger partial charge in [-0.1, -0.05) is 6.42 Å². The monoisotopic (exact) mass is 199 g/mol. The van der Waals surface area contributed by atoms with E-state index in [4.69, 9.17) is 0 Å². The van der Waals surface area contributed by atoms with E-state index in [1.54, 1.807) is 4.90 Å². The number of nitrogens with zero attached hydrogens (tertiary/aromatic N) is 1. The lowest BCUT2D eigenvalue weighted by molar-refractivity contribution is -0.192. The van der Waals surface area contributed by atoms with E-state index >= 15 is 0 Å². The first-order valence-corrected chi connectivity index (χ1v) is 5.32. The molecule has 1 aliphatic heterocycles. The Labute approximate surface area is 83.5 Å². The summed E-state index contributed by atoms with van der Waals surface area (Å²) in [5.74, 6) is -1.11. The lowest BCUT2D eigenvalue weighted by Gasteiger charge is -2.38. The normalized spacial score (nSPS) is 27.1. The molecule has 1 heterocycles. The summed E-state index contributed by atoms with van der Waals surface area (Å²) in [5, 5.41) is 18.6. The highest BCUT2D eigenvalue weighted by Gasteiger charge is 2.35. The van der Waals surface area contributed by atoms with Crippen molar-refractivity contribution in [1.82, 2.24) is 4.90 Å². The molecule has 2 rings (SSSR count). The van der Waals surface area contributed by atoms with Gasteiger partial charge in [0.1, 0.15) is 0 Å². The summed E-state index contributed by atoms with van der Waals surface area (Å²) in [7, 11) is 0. The molecule has 0 unspecified atom stereocenters. The smallest absolute Gasteiger partial charge is 0.225 e. The van der Waals surface area contributed by atoms with Crippen molar-refractivity contribution in [3.63, 3.8) is 0 Å². The van der Waals surface area contributed by atoms with Crippen LogP contribution < -0.4 is 0 Å². The van der Waals surface area contributed by atoms with E-state index in [0.29, 0.717) is 13.1 Å². The summed E-state index contributed by atoms with van der Waals surface area (Å²) in [6, 6.07) is 0. The molecule has 2 N–H and O–H groups in total. The van der Waals surface area contributed by atoms with Crippen LogP contribution in [-0.4, -0.2) is 39.9 Å². The average molecular weight is 199 g/mol. The van der Waals surface area contributed by atoms with Crippen molar-refractivity contribution in [3.8, 4) is 0 Å². The SMILES string of the molecule is O=C(C1CCC1)N1CCC(O)(O)CC1. The van der Waals surface area contributed by atoms with Gasteiger partial charge in [0.25, 0.3) is 0 Å². The van der Waals surface area contributed by atoms with Gasteiger partial charge in [-0.2, -0.15) is 0 Å². The molecule has 4 heteroatoms. The largest absolute Gasteiger partial charge is 0.365 e. The number of carbonyl (C=O) groups is 1. The third kappa shape index (κ3) is 1.91. The molecule has 0 spiro atoms. The minimum atomic E-state index is -1.55. The maximum atomic E-state index is 11.8. The van der Waals surface area contributed by atoms with Crippen LogP contribution in [0.3, 0.4) is 0 Å². The summed E-state index contributed by atoms with van der Waals surface area (Å²) in [5.41, 5.74) is 0. The minimum Gasteiger partial charge on any atom is -0.365 e. The molecule has 1 saturated heterocycles. The fourth-order valence-electron chi connectivity index (χ4n) is 2.00. The maximum Gasteiger partial charge on any atom is 0.225 e. The van der Waals surface area contributed by atoms with Gasteiger partial charge in [-0.25, -0.2) is 0 Å². The highest BCUT2D eigenvalue weighted by molar-refractivity contribution is 5.79. The van der Waals surface area contributed by atoms with Crippen molar-refractivity contribution in [2.75, 3.05) is 13.1 Å². The zero-order valence-corrected chi connectivity index (χ0v) is 8.28. The average Bonchev–Trinajstić information content (AvgIpc) is 2.00. The zero-order chi connectivity index (χ0) is 10.2. The Morgan fingerprint density at radius 1 is 1.21 bits per heavy atom. The van der Waals surface area contributed by atoms with E-state index in [1.165, 1.54) is 0 Å². The van der Waals surface area contributed by atoms with Crippen LogP contribution in [-0.2, 0) is 4.79 Å². The Hall–Kier alpha value is -0.610. The molecule has 0 aromatic rings. The summed E-state index contributed by atoms with van der Waals surface area (Å²) < 4.78 is 0. The van der Waals surface area contributed by atoms with Crippen LogP contribution >= 0.6 is 0 Å². The van der Waals surface area contributed by atoms with E-state index in [1.807, 2.05) is 0 Å². The molecule has 0 aromatic heterocycles. The number of hydrogen-bond acceptors (Lipinski definition) is 3. The van der Waals surface area contributed by atoms with Gasteiger partial charge >= 0.3 is 0 Å². The molecule has 4 nitrogen and oxygen atoms in total. The molecule has 1 amide bonds. The van der Waals surface area contributed by atoms with Gasteiger partial charge in [0, 0.05) is 31.8 Å². The topological polar surface area (TPSA) is 60.8 Å². The summed E-state index contributed by atoms with van der Waals surface area (Å²) >= 11 is 0.